The summed E-state index contributed by atoms with van der Waals surface area (Å²) in [6.45, 7) is 3.28. The number of carbonyl (C=O) groups excluding carboxylic acids is 2. The molecule has 1 rings (SSSR count). The van der Waals surface area contributed by atoms with Crippen LogP contribution >= 0.6 is 0 Å². The van der Waals surface area contributed by atoms with Crippen molar-refractivity contribution in [3.63, 3.8) is 0 Å². The second kappa shape index (κ2) is 6.60. The predicted molar refractivity (Wildman–Crippen MR) is 62.9 cm³/mol. The zero-order valence-corrected chi connectivity index (χ0v) is 9.39. The maximum Gasteiger partial charge on any atom is 0.335 e. The van der Waals surface area contributed by atoms with Crippen molar-refractivity contribution in [2.24, 2.45) is 0 Å². The van der Waals surface area contributed by atoms with Crippen LogP contribution in [0.3, 0.4) is 0 Å². The molecule has 0 aliphatic carbocycles. The fourth-order valence-corrected chi connectivity index (χ4v) is 1.25. The van der Waals surface area contributed by atoms with Gasteiger partial charge in [-0.3, -0.25) is 4.79 Å². The molecule has 0 aliphatic heterocycles. The number of ketones is 1. The van der Waals surface area contributed by atoms with E-state index in [1.165, 1.54) is 0 Å². The maximum absolute atomic E-state index is 11.6. The predicted octanol–water partition coefficient (Wildman–Crippen LogP) is 1.73. The van der Waals surface area contributed by atoms with E-state index in [9.17, 15) is 9.59 Å². The van der Waals surface area contributed by atoms with Gasteiger partial charge in [-0.2, -0.15) is 0 Å². The first-order chi connectivity index (χ1) is 8.17. The summed E-state index contributed by atoms with van der Waals surface area (Å²) in [6.07, 6.45) is 1.83. The average Bonchev–Trinajstić information content (AvgIpc) is 2.36. The van der Waals surface area contributed by atoms with E-state index in [1.807, 2.05) is 0 Å². The lowest BCUT2D eigenvalue weighted by atomic mass is 10.1. The molecule has 1 N–H and O–H groups in total. The van der Waals surface area contributed by atoms with Crippen molar-refractivity contribution in [1.82, 2.24) is 0 Å². The quantitative estimate of drug-likeness (QED) is 0.352. The highest BCUT2D eigenvalue weighted by molar-refractivity contribution is 5.96. The number of benzene rings is 1. The molecule has 1 aromatic carbocycles. The summed E-state index contributed by atoms with van der Waals surface area (Å²) in [5.74, 6) is -0.210. The van der Waals surface area contributed by atoms with Crippen LogP contribution in [0.2, 0.25) is 0 Å². The smallest absolute Gasteiger partial charge is 0.335 e. The first-order valence-electron chi connectivity index (χ1n) is 5.25. The van der Waals surface area contributed by atoms with Gasteiger partial charge in [-0.15, -0.1) is 0 Å². The van der Waals surface area contributed by atoms with E-state index in [-0.39, 0.29) is 12.4 Å². The minimum Gasteiger partial charge on any atom is -0.423 e. The number of aliphatic hydroxyl groups excluding tert-OH is 1. The van der Waals surface area contributed by atoms with Crippen LogP contribution in [0.4, 0.5) is 0 Å². The summed E-state index contributed by atoms with van der Waals surface area (Å²) < 4.78 is 4.87. The number of carbonyl (C=O) groups is 2. The van der Waals surface area contributed by atoms with Crippen LogP contribution < -0.4 is 4.74 Å². The zero-order chi connectivity index (χ0) is 12.7. The summed E-state index contributed by atoms with van der Waals surface area (Å²) >= 11 is 0. The molecule has 0 saturated heterocycles. The van der Waals surface area contributed by atoms with Gasteiger partial charge in [0.15, 0.2) is 5.78 Å². The number of ether oxygens (including phenoxy) is 1. The Morgan fingerprint density at radius 2 is 1.94 bits per heavy atom. The van der Waals surface area contributed by atoms with Gasteiger partial charge in [0.1, 0.15) is 5.75 Å². The van der Waals surface area contributed by atoms with E-state index < -0.39 is 5.97 Å². The van der Waals surface area contributed by atoms with Gasteiger partial charge >= 0.3 is 5.97 Å². The molecule has 0 aliphatic rings. The van der Waals surface area contributed by atoms with Crippen molar-refractivity contribution < 1.29 is 19.4 Å². The highest BCUT2D eigenvalue weighted by atomic mass is 16.5. The lowest BCUT2D eigenvalue weighted by Gasteiger charge is -2.03. The number of esters is 1. The summed E-state index contributed by atoms with van der Waals surface area (Å²) in [4.78, 5) is 22.5. The molecule has 0 fully saturated rings. The van der Waals surface area contributed by atoms with Crippen LogP contribution in [0.25, 0.3) is 0 Å². The molecule has 0 saturated carbocycles. The molecular formula is C13H14O4. The number of hydrogen-bond donors (Lipinski definition) is 1. The molecule has 0 bridgehead atoms. The van der Waals surface area contributed by atoms with Gasteiger partial charge in [-0.05, 0) is 30.7 Å². The molecule has 0 radical (unpaired) electrons. The Bertz CT molecular complexity index is 406. The number of hydrogen-bond acceptors (Lipinski definition) is 4. The maximum atomic E-state index is 11.6. The molecule has 0 spiro atoms. The van der Waals surface area contributed by atoms with Crippen molar-refractivity contribution in [3.8, 4) is 5.75 Å². The van der Waals surface area contributed by atoms with Gasteiger partial charge in [0, 0.05) is 24.7 Å². The minimum atomic E-state index is -0.538. The lowest BCUT2D eigenvalue weighted by molar-refractivity contribution is -0.128. The molecule has 90 valence electrons. The van der Waals surface area contributed by atoms with Crippen LogP contribution in [0.15, 0.2) is 36.9 Å². The molecule has 4 nitrogen and oxygen atoms in total. The van der Waals surface area contributed by atoms with Gasteiger partial charge in [-0.1, -0.05) is 6.58 Å². The van der Waals surface area contributed by atoms with Gasteiger partial charge < -0.3 is 9.84 Å². The van der Waals surface area contributed by atoms with Crippen LogP contribution in [-0.4, -0.2) is 23.5 Å². The van der Waals surface area contributed by atoms with Crippen molar-refractivity contribution in [2.45, 2.75) is 12.8 Å². The second-order valence-corrected chi connectivity index (χ2v) is 3.40. The van der Waals surface area contributed by atoms with Crippen molar-refractivity contribution in [2.75, 3.05) is 6.61 Å². The number of rotatable bonds is 6. The van der Waals surface area contributed by atoms with Crippen LogP contribution in [0.1, 0.15) is 23.2 Å². The van der Waals surface area contributed by atoms with E-state index in [2.05, 4.69) is 6.58 Å². The third-order valence-corrected chi connectivity index (χ3v) is 2.12. The molecule has 0 unspecified atom stereocenters. The van der Waals surface area contributed by atoms with Gasteiger partial charge in [0.25, 0.3) is 0 Å². The Kier molecular flexibility index (Phi) is 5.10. The Morgan fingerprint density at radius 3 is 2.47 bits per heavy atom. The summed E-state index contributed by atoms with van der Waals surface area (Å²) in [6, 6.07) is 6.28. The standard InChI is InChI=1S/C13H14O4/c1-2-13(16)17-11-7-5-10(6-8-11)12(15)4-3-9-14/h2,5-8,14H,1,3-4,9H2. The monoisotopic (exact) mass is 234 g/mol. The fourth-order valence-electron chi connectivity index (χ4n) is 1.25. The zero-order valence-electron chi connectivity index (χ0n) is 9.39. The lowest BCUT2D eigenvalue weighted by Crippen LogP contribution is -2.04. The van der Waals surface area contributed by atoms with Gasteiger partial charge in [0.2, 0.25) is 0 Å². The first kappa shape index (κ1) is 13.1. The van der Waals surface area contributed by atoms with Crippen LogP contribution in [0.5, 0.6) is 5.75 Å². The van der Waals surface area contributed by atoms with Crippen molar-refractivity contribution in [3.05, 3.63) is 42.5 Å². The number of Topliss-reactive ketones (excluding diaryl/α,β-unsaturated/α-hetero) is 1. The van der Waals surface area contributed by atoms with E-state index in [0.29, 0.717) is 24.2 Å². The van der Waals surface area contributed by atoms with E-state index in [1.54, 1.807) is 24.3 Å². The molecule has 1 aromatic rings. The highest BCUT2D eigenvalue weighted by Gasteiger charge is 2.06. The third kappa shape index (κ3) is 4.20. The highest BCUT2D eigenvalue weighted by Crippen LogP contribution is 2.14. The molecular weight excluding hydrogens is 220 g/mol. The second-order valence-electron chi connectivity index (χ2n) is 3.40. The normalized spacial score (nSPS) is 9.71. The van der Waals surface area contributed by atoms with Crippen LogP contribution in [-0.2, 0) is 4.79 Å². The fraction of sp³-hybridized carbons (Fsp3) is 0.231. The van der Waals surface area contributed by atoms with Crippen molar-refractivity contribution in [1.29, 1.82) is 0 Å². The summed E-state index contributed by atoms with van der Waals surface area (Å²) in [7, 11) is 0. The largest absolute Gasteiger partial charge is 0.423 e. The summed E-state index contributed by atoms with van der Waals surface area (Å²) in [5, 5.41) is 8.61. The van der Waals surface area contributed by atoms with Gasteiger partial charge in [0.05, 0.1) is 0 Å². The molecule has 0 heterocycles. The Hall–Kier alpha value is -1.94. The number of aliphatic hydroxyl groups is 1. The van der Waals surface area contributed by atoms with E-state index in [4.69, 9.17) is 9.84 Å². The Balaban J connectivity index is 2.64. The van der Waals surface area contributed by atoms with E-state index in [0.717, 1.165) is 6.08 Å². The Labute approximate surface area is 99.5 Å². The average molecular weight is 234 g/mol. The molecule has 17 heavy (non-hydrogen) atoms. The third-order valence-electron chi connectivity index (χ3n) is 2.12. The molecule has 4 heteroatoms. The Morgan fingerprint density at radius 1 is 1.29 bits per heavy atom. The minimum absolute atomic E-state index is 0.000765. The molecule has 0 aromatic heterocycles. The van der Waals surface area contributed by atoms with Gasteiger partial charge in [-0.25, -0.2) is 4.79 Å². The van der Waals surface area contributed by atoms with Crippen LogP contribution in [0, 0.1) is 0 Å². The SMILES string of the molecule is C=CC(=O)Oc1ccc(C(=O)CCCO)cc1. The van der Waals surface area contributed by atoms with E-state index >= 15 is 0 Å². The molecule has 0 amide bonds. The first-order valence-corrected chi connectivity index (χ1v) is 5.25. The topological polar surface area (TPSA) is 63.6 Å². The molecule has 0 atom stereocenters. The summed E-state index contributed by atoms with van der Waals surface area (Å²) in [5.41, 5.74) is 0.539. The van der Waals surface area contributed by atoms with Crippen molar-refractivity contribution >= 4 is 11.8 Å².